The van der Waals surface area contributed by atoms with Crippen molar-refractivity contribution in [3.8, 4) is 0 Å². The van der Waals surface area contributed by atoms with E-state index in [0.717, 1.165) is 31.2 Å². The van der Waals surface area contributed by atoms with E-state index in [2.05, 4.69) is 12.2 Å². The number of rotatable bonds is 6. The Bertz CT molecular complexity index is 198. The molecule has 0 bridgehead atoms. The van der Waals surface area contributed by atoms with Crippen LogP contribution in [0, 0.1) is 11.8 Å². The third-order valence-corrected chi connectivity index (χ3v) is 3.62. The zero-order valence-electron chi connectivity index (χ0n) is 10.5. The van der Waals surface area contributed by atoms with Crippen molar-refractivity contribution in [3.63, 3.8) is 0 Å². The van der Waals surface area contributed by atoms with Gasteiger partial charge in [0.15, 0.2) is 0 Å². The first-order valence-electron chi connectivity index (χ1n) is 6.69. The number of hydrogen-bond acceptors (Lipinski definition) is 2. The van der Waals surface area contributed by atoms with E-state index in [1.165, 1.54) is 25.7 Å². The highest BCUT2D eigenvalue weighted by atomic mass is 16.1. The van der Waals surface area contributed by atoms with Crippen LogP contribution in [0.25, 0.3) is 0 Å². The van der Waals surface area contributed by atoms with Crippen LogP contribution in [0.2, 0.25) is 0 Å². The summed E-state index contributed by atoms with van der Waals surface area (Å²) in [6.45, 7) is 3.79. The van der Waals surface area contributed by atoms with E-state index in [1.54, 1.807) is 0 Å². The predicted octanol–water partition coefficient (Wildman–Crippen LogP) is 2.06. The molecule has 0 aromatic heterocycles. The van der Waals surface area contributed by atoms with Crippen LogP contribution >= 0.6 is 0 Å². The van der Waals surface area contributed by atoms with Crippen molar-refractivity contribution in [2.45, 2.75) is 51.9 Å². The minimum Gasteiger partial charge on any atom is -0.356 e. The van der Waals surface area contributed by atoms with E-state index >= 15 is 0 Å². The average molecular weight is 226 g/mol. The molecule has 1 aliphatic rings. The average Bonchev–Trinajstić information content (AvgIpc) is 2.29. The van der Waals surface area contributed by atoms with E-state index < -0.39 is 0 Å². The first kappa shape index (κ1) is 13.5. The summed E-state index contributed by atoms with van der Waals surface area (Å²) in [6.07, 6.45) is 7.96. The van der Waals surface area contributed by atoms with Gasteiger partial charge in [0.1, 0.15) is 0 Å². The summed E-state index contributed by atoms with van der Waals surface area (Å²) >= 11 is 0. The van der Waals surface area contributed by atoms with Gasteiger partial charge in [-0.05, 0) is 31.2 Å². The number of carbonyl (C=O) groups excluding carboxylic acids is 1. The lowest BCUT2D eigenvalue weighted by Gasteiger charge is -2.26. The highest BCUT2D eigenvalue weighted by molar-refractivity contribution is 5.75. The van der Waals surface area contributed by atoms with E-state index in [9.17, 15) is 4.79 Å². The lowest BCUT2D eigenvalue weighted by molar-refractivity contribution is -0.121. The Labute approximate surface area is 99.2 Å². The molecule has 3 nitrogen and oxygen atoms in total. The van der Waals surface area contributed by atoms with Crippen LogP contribution in [0.1, 0.15) is 51.9 Å². The molecule has 1 fully saturated rings. The third-order valence-electron chi connectivity index (χ3n) is 3.62. The summed E-state index contributed by atoms with van der Waals surface area (Å²) in [5, 5.41) is 2.98. The maximum atomic E-state index is 11.3. The Morgan fingerprint density at radius 3 is 2.62 bits per heavy atom. The van der Waals surface area contributed by atoms with Crippen molar-refractivity contribution >= 4 is 5.91 Å². The zero-order valence-corrected chi connectivity index (χ0v) is 10.5. The van der Waals surface area contributed by atoms with Gasteiger partial charge < -0.3 is 11.1 Å². The zero-order chi connectivity index (χ0) is 11.8. The molecular weight excluding hydrogens is 200 g/mol. The highest BCUT2D eigenvalue weighted by Crippen LogP contribution is 2.29. The number of nitrogens with one attached hydrogen (secondary N) is 1. The normalized spacial score (nSPS) is 25.4. The molecule has 1 rings (SSSR count). The standard InChI is InChI=1S/C13H26N2O/c1-11-4-6-12(7-5-11)8-10-15-13(16)3-2-9-14/h11-12H,2-10,14H2,1H3,(H,15,16). The molecule has 0 atom stereocenters. The molecule has 1 saturated carbocycles. The lowest BCUT2D eigenvalue weighted by atomic mass is 9.81. The summed E-state index contributed by atoms with van der Waals surface area (Å²) in [4.78, 5) is 11.3. The summed E-state index contributed by atoms with van der Waals surface area (Å²) in [7, 11) is 0. The molecule has 0 saturated heterocycles. The van der Waals surface area contributed by atoms with Crippen molar-refractivity contribution in [3.05, 3.63) is 0 Å². The molecule has 0 radical (unpaired) electrons. The van der Waals surface area contributed by atoms with Crippen molar-refractivity contribution in [2.75, 3.05) is 13.1 Å². The molecule has 3 N–H and O–H groups in total. The van der Waals surface area contributed by atoms with Gasteiger partial charge in [-0.15, -0.1) is 0 Å². The van der Waals surface area contributed by atoms with Gasteiger partial charge in [-0.1, -0.05) is 32.6 Å². The van der Waals surface area contributed by atoms with Gasteiger partial charge in [-0.25, -0.2) is 0 Å². The van der Waals surface area contributed by atoms with Crippen LogP contribution in [0.15, 0.2) is 0 Å². The van der Waals surface area contributed by atoms with Crippen molar-refractivity contribution in [1.29, 1.82) is 0 Å². The fourth-order valence-corrected chi connectivity index (χ4v) is 2.38. The molecule has 16 heavy (non-hydrogen) atoms. The summed E-state index contributed by atoms with van der Waals surface area (Å²) in [5.41, 5.74) is 5.36. The molecule has 0 heterocycles. The molecule has 0 aliphatic heterocycles. The van der Waals surface area contributed by atoms with Gasteiger partial charge in [0.05, 0.1) is 0 Å². The molecule has 3 heteroatoms. The second-order valence-corrected chi connectivity index (χ2v) is 5.16. The Hall–Kier alpha value is -0.570. The monoisotopic (exact) mass is 226 g/mol. The third kappa shape index (κ3) is 5.50. The topological polar surface area (TPSA) is 55.1 Å². The minimum atomic E-state index is 0.162. The van der Waals surface area contributed by atoms with E-state index in [4.69, 9.17) is 5.73 Å². The summed E-state index contributed by atoms with van der Waals surface area (Å²) in [6, 6.07) is 0. The summed E-state index contributed by atoms with van der Waals surface area (Å²) < 4.78 is 0. The maximum absolute atomic E-state index is 11.3. The number of carbonyl (C=O) groups is 1. The van der Waals surface area contributed by atoms with Gasteiger partial charge in [0.2, 0.25) is 5.91 Å². The van der Waals surface area contributed by atoms with Gasteiger partial charge in [0.25, 0.3) is 0 Å². The van der Waals surface area contributed by atoms with Gasteiger partial charge >= 0.3 is 0 Å². The van der Waals surface area contributed by atoms with Crippen LogP contribution in [0.4, 0.5) is 0 Å². The quantitative estimate of drug-likeness (QED) is 0.728. The molecule has 1 amide bonds. The fourth-order valence-electron chi connectivity index (χ4n) is 2.38. The lowest BCUT2D eigenvalue weighted by Crippen LogP contribution is -2.27. The SMILES string of the molecule is CC1CCC(CCNC(=O)CCCN)CC1. The predicted molar refractivity (Wildman–Crippen MR) is 67.0 cm³/mol. The van der Waals surface area contributed by atoms with E-state index in [-0.39, 0.29) is 5.91 Å². The second kappa shape index (κ2) is 7.66. The van der Waals surface area contributed by atoms with Crippen LogP contribution < -0.4 is 11.1 Å². The first-order valence-corrected chi connectivity index (χ1v) is 6.69. The smallest absolute Gasteiger partial charge is 0.220 e. The van der Waals surface area contributed by atoms with Crippen LogP contribution in [0.5, 0.6) is 0 Å². The van der Waals surface area contributed by atoms with E-state index in [1.807, 2.05) is 0 Å². The molecule has 94 valence electrons. The Morgan fingerprint density at radius 2 is 2.00 bits per heavy atom. The molecule has 1 aliphatic carbocycles. The van der Waals surface area contributed by atoms with Crippen LogP contribution in [0.3, 0.4) is 0 Å². The molecule has 0 aromatic rings. The Balaban J connectivity index is 2.00. The maximum Gasteiger partial charge on any atom is 0.220 e. The van der Waals surface area contributed by atoms with Crippen LogP contribution in [-0.2, 0) is 4.79 Å². The minimum absolute atomic E-state index is 0.162. The molecular formula is C13H26N2O. The largest absolute Gasteiger partial charge is 0.356 e. The number of amides is 1. The summed E-state index contributed by atoms with van der Waals surface area (Å²) in [5.74, 6) is 1.91. The number of nitrogens with two attached hydrogens (primary N) is 1. The molecule has 0 aromatic carbocycles. The van der Waals surface area contributed by atoms with Crippen molar-refractivity contribution in [1.82, 2.24) is 5.32 Å². The molecule has 0 unspecified atom stereocenters. The number of hydrogen-bond donors (Lipinski definition) is 2. The second-order valence-electron chi connectivity index (χ2n) is 5.16. The van der Waals surface area contributed by atoms with Gasteiger partial charge in [-0.3, -0.25) is 4.79 Å². The Kier molecular flexibility index (Phi) is 6.46. The molecule has 0 spiro atoms. The van der Waals surface area contributed by atoms with Crippen molar-refractivity contribution in [2.24, 2.45) is 17.6 Å². The first-order chi connectivity index (χ1) is 7.72. The van der Waals surface area contributed by atoms with Crippen LogP contribution in [-0.4, -0.2) is 19.0 Å². The van der Waals surface area contributed by atoms with Crippen molar-refractivity contribution < 1.29 is 4.79 Å². The van der Waals surface area contributed by atoms with E-state index in [0.29, 0.717) is 13.0 Å². The fraction of sp³-hybridized carbons (Fsp3) is 0.923. The Morgan fingerprint density at radius 1 is 1.31 bits per heavy atom. The van der Waals surface area contributed by atoms with Gasteiger partial charge in [0, 0.05) is 13.0 Å². The highest BCUT2D eigenvalue weighted by Gasteiger charge is 2.17. The van der Waals surface area contributed by atoms with Gasteiger partial charge in [-0.2, -0.15) is 0 Å².